The molecule has 0 aliphatic rings. The monoisotopic (exact) mass is 339 g/mol. The maximum atomic E-state index is 6.19. The van der Waals surface area contributed by atoms with Crippen LogP contribution in [0.25, 0.3) is 16.2 Å². The molecule has 23 heavy (non-hydrogen) atoms. The summed E-state index contributed by atoms with van der Waals surface area (Å²) in [5, 5.41) is 6.27. The quantitative estimate of drug-likeness (QED) is 0.513. The molecule has 0 atom stereocenters. The molecule has 0 unspecified atom stereocenters. The summed E-state index contributed by atoms with van der Waals surface area (Å²) in [6.45, 7) is 2.09. The summed E-state index contributed by atoms with van der Waals surface area (Å²) in [5.74, 6) is 0.930. The molecule has 3 nitrogen and oxygen atoms in total. The number of imidazole rings is 1. The van der Waals surface area contributed by atoms with Crippen molar-refractivity contribution in [2.75, 3.05) is 5.32 Å². The van der Waals surface area contributed by atoms with Crippen LogP contribution >= 0.6 is 22.9 Å². The van der Waals surface area contributed by atoms with Crippen LogP contribution < -0.4 is 5.32 Å². The van der Waals surface area contributed by atoms with Gasteiger partial charge >= 0.3 is 0 Å². The molecule has 0 spiro atoms. The van der Waals surface area contributed by atoms with Gasteiger partial charge in [-0.1, -0.05) is 35.9 Å². The highest BCUT2D eigenvalue weighted by molar-refractivity contribution is 7.13. The lowest BCUT2D eigenvalue weighted by Gasteiger charge is -2.10. The number of aryl methyl sites for hydroxylation is 1. The number of para-hydroxylation sites is 1. The molecule has 0 saturated heterocycles. The van der Waals surface area contributed by atoms with E-state index in [4.69, 9.17) is 16.6 Å². The number of halogens is 1. The van der Waals surface area contributed by atoms with Gasteiger partial charge in [0.25, 0.3) is 0 Å². The predicted octanol–water partition coefficient (Wildman–Crippen LogP) is 5.77. The zero-order valence-corrected chi connectivity index (χ0v) is 14.0. The van der Waals surface area contributed by atoms with Crippen LogP contribution in [0.1, 0.15) is 5.56 Å². The van der Waals surface area contributed by atoms with Crippen LogP contribution in [0.5, 0.6) is 0 Å². The number of fused-ring (bicyclic) bond motifs is 1. The van der Waals surface area contributed by atoms with Gasteiger partial charge in [0.1, 0.15) is 17.2 Å². The fourth-order valence-electron chi connectivity index (χ4n) is 2.56. The van der Waals surface area contributed by atoms with Gasteiger partial charge in [0.2, 0.25) is 0 Å². The zero-order chi connectivity index (χ0) is 15.8. The second-order valence-electron chi connectivity index (χ2n) is 5.30. The Kier molecular flexibility index (Phi) is 3.56. The van der Waals surface area contributed by atoms with Crippen molar-refractivity contribution in [3.05, 3.63) is 70.7 Å². The van der Waals surface area contributed by atoms with Gasteiger partial charge in [-0.15, -0.1) is 11.3 Å². The lowest BCUT2D eigenvalue weighted by atomic mass is 10.2. The summed E-state index contributed by atoms with van der Waals surface area (Å²) >= 11 is 7.86. The van der Waals surface area contributed by atoms with Crippen molar-refractivity contribution in [3.8, 4) is 10.6 Å². The van der Waals surface area contributed by atoms with Crippen molar-refractivity contribution < 1.29 is 0 Å². The summed E-state index contributed by atoms with van der Waals surface area (Å²) in [4.78, 5) is 5.90. The fraction of sp³-hybridized carbons (Fsp3) is 0.0556. The maximum absolute atomic E-state index is 6.19. The lowest BCUT2D eigenvalue weighted by Crippen LogP contribution is -1.98. The van der Waals surface area contributed by atoms with E-state index < -0.39 is 0 Å². The number of benzene rings is 1. The average Bonchev–Trinajstić information content (AvgIpc) is 3.18. The topological polar surface area (TPSA) is 29.3 Å². The molecular weight excluding hydrogens is 326 g/mol. The first kappa shape index (κ1) is 14.3. The van der Waals surface area contributed by atoms with Gasteiger partial charge in [-0.3, -0.25) is 4.40 Å². The second kappa shape index (κ2) is 5.72. The molecule has 0 saturated carbocycles. The molecule has 114 valence electrons. The van der Waals surface area contributed by atoms with E-state index in [1.165, 1.54) is 5.56 Å². The molecule has 3 heterocycles. The van der Waals surface area contributed by atoms with E-state index in [1.807, 2.05) is 40.9 Å². The minimum absolute atomic E-state index is 0.681. The Hall–Kier alpha value is -2.30. The molecule has 0 aliphatic heterocycles. The van der Waals surface area contributed by atoms with Crippen LogP contribution in [-0.2, 0) is 0 Å². The molecule has 3 aromatic heterocycles. The van der Waals surface area contributed by atoms with E-state index in [1.54, 1.807) is 11.3 Å². The second-order valence-corrected chi connectivity index (χ2v) is 6.69. The lowest BCUT2D eigenvalue weighted by molar-refractivity contribution is 1.18. The Morgan fingerprint density at radius 3 is 2.74 bits per heavy atom. The number of thiophene rings is 1. The van der Waals surface area contributed by atoms with Crippen LogP contribution in [0.3, 0.4) is 0 Å². The molecule has 4 rings (SSSR count). The number of hydrogen-bond donors (Lipinski definition) is 1. The zero-order valence-electron chi connectivity index (χ0n) is 12.5. The van der Waals surface area contributed by atoms with Crippen LogP contribution in [0.4, 0.5) is 11.5 Å². The molecule has 0 amide bonds. The Morgan fingerprint density at radius 1 is 1.09 bits per heavy atom. The van der Waals surface area contributed by atoms with Gasteiger partial charge in [-0.2, -0.15) is 0 Å². The minimum Gasteiger partial charge on any atom is -0.339 e. The molecule has 0 bridgehead atoms. The average molecular weight is 340 g/mol. The Morgan fingerprint density at radius 2 is 1.96 bits per heavy atom. The Balaban J connectivity index is 1.93. The van der Waals surface area contributed by atoms with Gasteiger partial charge in [0.15, 0.2) is 0 Å². The van der Waals surface area contributed by atoms with E-state index in [0.29, 0.717) is 5.02 Å². The van der Waals surface area contributed by atoms with E-state index in [-0.39, 0.29) is 0 Å². The van der Waals surface area contributed by atoms with Crippen molar-refractivity contribution in [2.45, 2.75) is 6.92 Å². The number of pyridine rings is 1. The van der Waals surface area contributed by atoms with Crippen molar-refractivity contribution in [2.24, 2.45) is 0 Å². The molecule has 5 heteroatoms. The van der Waals surface area contributed by atoms with E-state index in [0.717, 1.165) is 27.7 Å². The highest BCUT2D eigenvalue weighted by Gasteiger charge is 2.16. The first-order chi connectivity index (χ1) is 11.2. The van der Waals surface area contributed by atoms with E-state index >= 15 is 0 Å². The molecule has 0 radical (unpaired) electrons. The Bertz CT molecular complexity index is 973. The summed E-state index contributed by atoms with van der Waals surface area (Å²) < 4.78 is 2.00. The summed E-state index contributed by atoms with van der Waals surface area (Å²) in [6.07, 6.45) is 1.89. The van der Waals surface area contributed by atoms with Gasteiger partial charge < -0.3 is 5.32 Å². The van der Waals surface area contributed by atoms with E-state index in [9.17, 15) is 0 Å². The minimum atomic E-state index is 0.681. The van der Waals surface area contributed by atoms with Crippen LogP contribution in [0, 0.1) is 6.92 Å². The van der Waals surface area contributed by atoms with Gasteiger partial charge in [-0.25, -0.2) is 4.98 Å². The fourth-order valence-corrected chi connectivity index (χ4v) is 3.44. The highest BCUT2D eigenvalue weighted by Crippen LogP contribution is 2.34. The molecule has 0 fully saturated rings. The number of anilines is 2. The van der Waals surface area contributed by atoms with Crippen molar-refractivity contribution in [1.82, 2.24) is 9.38 Å². The molecule has 4 aromatic rings. The first-order valence-corrected chi connectivity index (χ1v) is 8.52. The smallest absolute Gasteiger partial charge is 0.144 e. The van der Waals surface area contributed by atoms with Crippen LogP contribution in [-0.4, -0.2) is 9.38 Å². The number of nitrogens with zero attached hydrogens (tertiary/aromatic N) is 2. The molecule has 1 aromatic carbocycles. The van der Waals surface area contributed by atoms with Crippen LogP contribution in [0.2, 0.25) is 5.02 Å². The summed E-state index contributed by atoms with van der Waals surface area (Å²) in [7, 11) is 0. The largest absolute Gasteiger partial charge is 0.339 e. The number of aromatic nitrogens is 2. The van der Waals surface area contributed by atoms with Gasteiger partial charge in [0.05, 0.1) is 9.90 Å². The van der Waals surface area contributed by atoms with Crippen molar-refractivity contribution in [3.63, 3.8) is 0 Å². The SMILES string of the molecule is Cc1ccccc1Nc1c(-c2cccs2)nc2ccc(Cl)cn12. The van der Waals surface area contributed by atoms with Crippen molar-refractivity contribution in [1.29, 1.82) is 0 Å². The Labute approximate surface area is 143 Å². The molecular formula is C18H14ClN3S. The molecule has 1 N–H and O–H groups in total. The van der Waals surface area contributed by atoms with Crippen molar-refractivity contribution >= 4 is 40.1 Å². The number of rotatable bonds is 3. The van der Waals surface area contributed by atoms with E-state index in [2.05, 4.69) is 35.8 Å². The number of hydrogen-bond acceptors (Lipinski definition) is 3. The van der Waals surface area contributed by atoms with Crippen LogP contribution in [0.15, 0.2) is 60.1 Å². The highest BCUT2D eigenvalue weighted by atomic mass is 35.5. The third kappa shape index (κ3) is 2.60. The summed E-state index contributed by atoms with van der Waals surface area (Å²) in [6, 6.07) is 16.1. The maximum Gasteiger partial charge on any atom is 0.144 e. The predicted molar refractivity (Wildman–Crippen MR) is 98.0 cm³/mol. The normalized spacial score (nSPS) is 11.0. The third-order valence-electron chi connectivity index (χ3n) is 3.74. The van der Waals surface area contributed by atoms with Gasteiger partial charge in [0, 0.05) is 11.9 Å². The number of nitrogens with one attached hydrogen (secondary N) is 1. The standard InChI is InChI=1S/C18H14ClN3S/c1-12-5-2-3-6-14(12)20-18-17(15-7-4-10-23-15)21-16-9-8-13(19)11-22(16)18/h2-11,20H,1H3. The van der Waals surface area contributed by atoms with Gasteiger partial charge in [-0.05, 0) is 42.1 Å². The first-order valence-electron chi connectivity index (χ1n) is 7.26. The summed E-state index contributed by atoms with van der Waals surface area (Å²) in [5.41, 5.74) is 4.05. The molecule has 0 aliphatic carbocycles. The third-order valence-corrected chi connectivity index (χ3v) is 4.84.